The minimum Gasteiger partial charge on any atom is -0.338 e. The van der Waals surface area contributed by atoms with Crippen LogP contribution in [0.5, 0.6) is 0 Å². The van der Waals surface area contributed by atoms with Gasteiger partial charge in [0.2, 0.25) is 0 Å². The first kappa shape index (κ1) is 13.7. The fraction of sp³-hybridized carbons (Fsp3) is 0.375. The van der Waals surface area contributed by atoms with E-state index in [4.69, 9.17) is 5.41 Å². The number of anilines is 2. The van der Waals surface area contributed by atoms with Gasteiger partial charge in [0.1, 0.15) is 11.7 Å². The molecule has 5 heteroatoms. The first-order chi connectivity index (χ1) is 10.2. The van der Waals surface area contributed by atoms with Gasteiger partial charge < -0.3 is 9.80 Å². The Labute approximate surface area is 125 Å². The highest BCUT2D eigenvalue weighted by molar-refractivity contribution is 6.12. The van der Waals surface area contributed by atoms with Crippen molar-refractivity contribution in [2.24, 2.45) is 0 Å². The molecule has 2 aromatic rings. The Hall–Kier alpha value is -2.30. The number of hydrogen-bond donors (Lipinski definition) is 2. The molecule has 2 N–H and O–H groups in total. The van der Waals surface area contributed by atoms with Crippen LogP contribution in [0, 0.1) is 12.3 Å². The molecule has 3 rings (SSSR count). The van der Waals surface area contributed by atoms with Crippen molar-refractivity contribution in [2.45, 2.75) is 26.7 Å². The van der Waals surface area contributed by atoms with E-state index in [1.807, 2.05) is 4.90 Å². The van der Waals surface area contributed by atoms with Crippen LogP contribution in [-0.2, 0) is 0 Å². The molecule has 0 aliphatic carbocycles. The fourth-order valence-electron chi connectivity index (χ4n) is 2.62. The standard InChI is InChI=1S/C16H21N5/c1-3-4-9-20-11-21(13-7-5-12(2)6-8-13)15(17)14-10-18-19-16(14)20/h5-8,10,17H,3-4,9,11H2,1-2H3,(H,18,19). The third-order valence-corrected chi connectivity index (χ3v) is 3.90. The number of unbranched alkanes of at least 4 members (excludes halogenated alkanes) is 1. The molecule has 1 aromatic carbocycles. The van der Waals surface area contributed by atoms with Gasteiger partial charge in [-0.15, -0.1) is 0 Å². The molecule has 21 heavy (non-hydrogen) atoms. The first-order valence-corrected chi connectivity index (χ1v) is 7.42. The number of aryl methyl sites for hydroxylation is 1. The number of benzene rings is 1. The quantitative estimate of drug-likeness (QED) is 0.906. The van der Waals surface area contributed by atoms with E-state index < -0.39 is 0 Å². The maximum atomic E-state index is 8.44. The van der Waals surface area contributed by atoms with E-state index in [0.717, 1.165) is 36.5 Å². The van der Waals surface area contributed by atoms with Crippen molar-refractivity contribution in [2.75, 3.05) is 23.0 Å². The zero-order chi connectivity index (χ0) is 14.8. The Morgan fingerprint density at radius 3 is 2.76 bits per heavy atom. The molecule has 2 heterocycles. The molecule has 1 aliphatic heterocycles. The van der Waals surface area contributed by atoms with E-state index in [2.05, 4.69) is 53.2 Å². The van der Waals surface area contributed by atoms with Crippen LogP contribution in [-0.4, -0.2) is 29.2 Å². The number of fused-ring (bicyclic) bond motifs is 1. The number of nitrogens with one attached hydrogen (secondary N) is 2. The number of aromatic amines is 1. The summed E-state index contributed by atoms with van der Waals surface area (Å²) in [5, 5.41) is 15.6. The van der Waals surface area contributed by atoms with Crippen LogP contribution >= 0.6 is 0 Å². The maximum Gasteiger partial charge on any atom is 0.139 e. The Bertz CT molecular complexity index is 628. The van der Waals surface area contributed by atoms with Gasteiger partial charge >= 0.3 is 0 Å². The highest BCUT2D eigenvalue weighted by atomic mass is 15.4. The van der Waals surface area contributed by atoms with Gasteiger partial charge in [0, 0.05) is 12.2 Å². The van der Waals surface area contributed by atoms with Crippen LogP contribution in [0.2, 0.25) is 0 Å². The van der Waals surface area contributed by atoms with Crippen LogP contribution in [0.1, 0.15) is 30.9 Å². The summed E-state index contributed by atoms with van der Waals surface area (Å²) in [6, 6.07) is 8.33. The van der Waals surface area contributed by atoms with E-state index >= 15 is 0 Å². The normalized spacial score (nSPS) is 14.5. The van der Waals surface area contributed by atoms with Crippen molar-refractivity contribution < 1.29 is 0 Å². The summed E-state index contributed by atoms with van der Waals surface area (Å²) < 4.78 is 0. The van der Waals surface area contributed by atoms with Crippen molar-refractivity contribution in [1.29, 1.82) is 5.41 Å². The molecule has 0 amide bonds. The number of rotatable bonds is 4. The molecule has 0 bridgehead atoms. The van der Waals surface area contributed by atoms with E-state index in [0.29, 0.717) is 12.5 Å². The molecule has 1 aromatic heterocycles. The molecule has 110 valence electrons. The summed E-state index contributed by atoms with van der Waals surface area (Å²) in [5.41, 5.74) is 3.16. The first-order valence-electron chi connectivity index (χ1n) is 7.42. The second-order valence-electron chi connectivity index (χ2n) is 5.50. The third-order valence-electron chi connectivity index (χ3n) is 3.90. The largest absolute Gasteiger partial charge is 0.338 e. The van der Waals surface area contributed by atoms with Gasteiger partial charge in [-0.2, -0.15) is 5.10 Å². The summed E-state index contributed by atoms with van der Waals surface area (Å²) in [7, 11) is 0. The second kappa shape index (κ2) is 5.60. The molecule has 0 saturated heterocycles. The molecule has 0 unspecified atom stereocenters. The van der Waals surface area contributed by atoms with Crippen molar-refractivity contribution in [1.82, 2.24) is 10.2 Å². The molecular formula is C16H21N5. The van der Waals surface area contributed by atoms with Crippen LogP contribution < -0.4 is 9.80 Å². The molecule has 0 atom stereocenters. The topological polar surface area (TPSA) is 59.0 Å². The lowest BCUT2D eigenvalue weighted by atomic mass is 10.1. The Balaban J connectivity index is 1.93. The number of hydrogen-bond acceptors (Lipinski definition) is 3. The summed E-state index contributed by atoms with van der Waals surface area (Å²) in [6.45, 7) is 5.93. The number of H-pyrrole nitrogens is 1. The van der Waals surface area contributed by atoms with Gasteiger partial charge in [0.05, 0.1) is 18.4 Å². The Morgan fingerprint density at radius 2 is 2.05 bits per heavy atom. The van der Waals surface area contributed by atoms with Crippen molar-refractivity contribution in [3.05, 3.63) is 41.6 Å². The summed E-state index contributed by atoms with van der Waals surface area (Å²) >= 11 is 0. The number of aromatic nitrogens is 2. The van der Waals surface area contributed by atoms with E-state index in [9.17, 15) is 0 Å². The smallest absolute Gasteiger partial charge is 0.139 e. The molecule has 1 aliphatic rings. The van der Waals surface area contributed by atoms with E-state index in [1.165, 1.54) is 5.56 Å². The van der Waals surface area contributed by atoms with Crippen molar-refractivity contribution >= 4 is 17.3 Å². The maximum absolute atomic E-state index is 8.44. The average Bonchev–Trinajstić information content (AvgIpc) is 2.98. The lowest BCUT2D eigenvalue weighted by Crippen LogP contribution is -2.47. The summed E-state index contributed by atoms with van der Waals surface area (Å²) in [4.78, 5) is 4.30. The zero-order valence-electron chi connectivity index (χ0n) is 12.6. The minimum absolute atomic E-state index is 0.510. The number of nitrogens with zero attached hydrogens (tertiary/aromatic N) is 3. The van der Waals surface area contributed by atoms with Gasteiger partial charge in [-0.1, -0.05) is 31.0 Å². The second-order valence-corrected chi connectivity index (χ2v) is 5.50. The van der Waals surface area contributed by atoms with Gasteiger partial charge in [0.15, 0.2) is 0 Å². The van der Waals surface area contributed by atoms with E-state index in [1.54, 1.807) is 6.20 Å². The van der Waals surface area contributed by atoms with E-state index in [-0.39, 0.29) is 0 Å². The van der Waals surface area contributed by atoms with Gasteiger partial charge in [-0.3, -0.25) is 10.5 Å². The van der Waals surface area contributed by atoms with Gasteiger partial charge in [-0.25, -0.2) is 0 Å². The minimum atomic E-state index is 0.510. The molecule has 0 spiro atoms. The molecule has 0 saturated carbocycles. The van der Waals surface area contributed by atoms with Crippen LogP contribution in [0.15, 0.2) is 30.5 Å². The fourth-order valence-corrected chi connectivity index (χ4v) is 2.62. The highest BCUT2D eigenvalue weighted by Gasteiger charge is 2.28. The SMILES string of the molecule is CCCCN1CN(c2ccc(C)cc2)C(=N)c2cn[nH]c21. The van der Waals surface area contributed by atoms with Crippen molar-refractivity contribution in [3.8, 4) is 0 Å². The van der Waals surface area contributed by atoms with Crippen LogP contribution in [0.4, 0.5) is 11.5 Å². The zero-order valence-corrected chi connectivity index (χ0v) is 12.6. The highest BCUT2D eigenvalue weighted by Crippen LogP contribution is 2.28. The number of amidine groups is 1. The van der Waals surface area contributed by atoms with Crippen LogP contribution in [0.25, 0.3) is 0 Å². The molecule has 5 nitrogen and oxygen atoms in total. The third kappa shape index (κ3) is 2.51. The average molecular weight is 283 g/mol. The lowest BCUT2D eigenvalue weighted by molar-refractivity contribution is 0.702. The summed E-state index contributed by atoms with van der Waals surface area (Å²) in [6.07, 6.45) is 4.03. The monoisotopic (exact) mass is 283 g/mol. The van der Waals surface area contributed by atoms with Gasteiger partial charge in [-0.05, 0) is 25.5 Å². The molecular weight excluding hydrogens is 262 g/mol. The predicted molar refractivity (Wildman–Crippen MR) is 86.2 cm³/mol. The van der Waals surface area contributed by atoms with Crippen LogP contribution in [0.3, 0.4) is 0 Å². The van der Waals surface area contributed by atoms with Gasteiger partial charge in [0.25, 0.3) is 0 Å². The molecule has 0 fully saturated rings. The predicted octanol–water partition coefficient (Wildman–Crippen LogP) is 3.13. The summed E-state index contributed by atoms with van der Waals surface area (Å²) in [5.74, 6) is 1.48. The lowest BCUT2D eigenvalue weighted by Gasteiger charge is -2.37. The Kier molecular flexibility index (Phi) is 3.64. The Morgan fingerprint density at radius 1 is 1.29 bits per heavy atom. The molecule has 0 radical (unpaired) electrons. The van der Waals surface area contributed by atoms with Crippen molar-refractivity contribution in [3.63, 3.8) is 0 Å².